The van der Waals surface area contributed by atoms with Gasteiger partial charge in [0, 0.05) is 11.5 Å². The van der Waals surface area contributed by atoms with Crippen LogP contribution in [0.15, 0.2) is 59.1 Å². The summed E-state index contributed by atoms with van der Waals surface area (Å²) in [6, 6.07) is 15.2. The van der Waals surface area contributed by atoms with Crippen molar-refractivity contribution in [2.75, 3.05) is 19.5 Å². The molecule has 1 heterocycles. The standard InChI is InChI=1S/C18H24N2O4.C7H6O2/c1-6-18(3,7-2)14-11-15(24-20-14)19-17(21)16-12(22-4)9-8-10-13(16)23-5;8-7(9)6-4-2-1-3-5-6/h8-11H,6-7H2,1-5H3,(H,19,21);1-5H,(H,8,9). The number of carboxylic acid groups (broad SMARTS) is 1. The van der Waals surface area contributed by atoms with Gasteiger partial charge in [0.2, 0.25) is 5.88 Å². The Hall–Kier alpha value is -3.81. The number of nitrogens with zero attached hydrogens (tertiary/aromatic N) is 1. The SMILES string of the molecule is CCC(C)(CC)c1cc(NC(=O)c2c(OC)cccc2OC)on1.O=C(O)c1ccccc1. The molecular weight excluding hydrogens is 424 g/mol. The summed E-state index contributed by atoms with van der Waals surface area (Å²) in [6.07, 6.45) is 1.87. The highest BCUT2D eigenvalue weighted by Crippen LogP contribution is 2.33. The van der Waals surface area contributed by atoms with Crippen molar-refractivity contribution in [3.05, 3.63) is 71.4 Å². The van der Waals surface area contributed by atoms with Crippen molar-refractivity contribution < 1.29 is 28.7 Å². The number of amides is 1. The van der Waals surface area contributed by atoms with E-state index >= 15 is 0 Å². The van der Waals surface area contributed by atoms with Crippen molar-refractivity contribution >= 4 is 17.8 Å². The molecule has 2 N–H and O–H groups in total. The van der Waals surface area contributed by atoms with Gasteiger partial charge in [-0.15, -0.1) is 0 Å². The Balaban J connectivity index is 0.000000357. The van der Waals surface area contributed by atoms with Gasteiger partial charge in [0.25, 0.3) is 5.91 Å². The van der Waals surface area contributed by atoms with E-state index in [1.165, 1.54) is 14.2 Å². The third-order valence-corrected chi connectivity index (χ3v) is 5.60. The van der Waals surface area contributed by atoms with Gasteiger partial charge in [-0.2, -0.15) is 0 Å². The van der Waals surface area contributed by atoms with E-state index in [4.69, 9.17) is 19.1 Å². The first-order valence-corrected chi connectivity index (χ1v) is 10.6. The maximum absolute atomic E-state index is 12.6. The largest absolute Gasteiger partial charge is 0.496 e. The lowest BCUT2D eigenvalue weighted by atomic mass is 9.81. The van der Waals surface area contributed by atoms with Crippen LogP contribution in [0.25, 0.3) is 0 Å². The molecule has 1 amide bonds. The fourth-order valence-electron chi connectivity index (χ4n) is 3.06. The molecule has 0 fully saturated rings. The van der Waals surface area contributed by atoms with Gasteiger partial charge in [0.15, 0.2) is 0 Å². The maximum Gasteiger partial charge on any atom is 0.335 e. The highest BCUT2D eigenvalue weighted by molar-refractivity contribution is 6.07. The van der Waals surface area contributed by atoms with Gasteiger partial charge < -0.3 is 19.1 Å². The number of aromatic carboxylic acids is 1. The summed E-state index contributed by atoms with van der Waals surface area (Å²) in [6.45, 7) is 6.34. The van der Waals surface area contributed by atoms with Gasteiger partial charge in [-0.25, -0.2) is 4.79 Å². The van der Waals surface area contributed by atoms with Crippen LogP contribution in [-0.4, -0.2) is 36.4 Å². The summed E-state index contributed by atoms with van der Waals surface area (Å²) in [5.74, 6) is -0.0922. The predicted molar refractivity (Wildman–Crippen MR) is 125 cm³/mol. The highest BCUT2D eigenvalue weighted by Gasteiger charge is 2.27. The summed E-state index contributed by atoms with van der Waals surface area (Å²) in [4.78, 5) is 22.8. The molecule has 3 rings (SSSR count). The Labute approximate surface area is 193 Å². The van der Waals surface area contributed by atoms with Crippen molar-refractivity contribution in [2.24, 2.45) is 0 Å². The molecule has 0 saturated heterocycles. The van der Waals surface area contributed by atoms with E-state index < -0.39 is 5.97 Å². The second kappa shape index (κ2) is 11.7. The molecule has 0 bridgehead atoms. The molecule has 0 atom stereocenters. The number of nitrogens with one attached hydrogen (secondary N) is 1. The summed E-state index contributed by atoms with van der Waals surface area (Å²) in [5, 5.41) is 15.2. The highest BCUT2D eigenvalue weighted by atomic mass is 16.5. The zero-order valence-corrected chi connectivity index (χ0v) is 19.5. The third kappa shape index (κ3) is 6.35. The Morgan fingerprint density at radius 3 is 2.03 bits per heavy atom. The van der Waals surface area contributed by atoms with E-state index in [1.54, 1.807) is 54.6 Å². The number of carbonyl (C=O) groups is 2. The number of benzene rings is 2. The molecule has 0 saturated carbocycles. The van der Waals surface area contributed by atoms with E-state index in [2.05, 4.69) is 31.2 Å². The van der Waals surface area contributed by atoms with E-state index in [0.29, 0.717) is 28.5 Å². The minimum absolute atomic E-state index is 0.0748. The maximum atomic E-state index is 12.6. The fourth-order valence-corrected chi connectivity index (χ4v) is 3.06. The molecule has 1 aromatic heterocycles. The minimum atomic E-state index is -0.879. The number of anilines is 1. The first kappa shape index (κ1) is 25.5. The van der Waals surface area contributed by atoms with Crippen molar-refractivity contribution in [3.8, 4) is 11.5 Å². The quantitative estimate of drug-likeness (QED) is 0.468. The van der Waals surface area contributed by atoms with Crippen LogP contribution in [0.3, 0.4) is 0 Å². The molecule has 176 valence electrons. The van der Waals surface area contributed by atoms with E-state index in [1.807, 2.05) is 0 Å². The van der Waals surface area contributed by atoms with Crippen LogP contribution >= 0.6 is 0 Å². The first-order chi connectivity index (χ1) is 15.8. The fraction of sp³-hybridized carbons (Fsp3) is 0.320. The van der Waals surface area contributed by atoms with E-state index in [9.17, 15) is 9.59 Å². The average Bonchev–Trinajstić information content (AvgIpc) is 3.32. The van der Waals surface area contributed by atoms with Gasteiger partial charge in [-0.1, -0.05) is 50.2 Å². The zero-order chi connectivity index (χ0) is 24.4. The number of hydrogen-bond acceptors (Lipinski definition) is 6. The number of methoxy groups -OCH3 is 2. The Bertz CT molecular complexity index is 1040. The lowest BCUT2D eigenvalue weighted by Crippen LogP contribution is -2.19. The van der Waals surface area contributed by atoms with Crippen molar-refractivity contribution in [1.82, 2.24) is 5.16 Å². The smallest absolute Gasteiger partial charge is 0.335 e. The van der Waals surface area contributed by atoms with Crippen molar-refractivity contribution in [1.29, 1.82) is 0 Å². The van der Waals surface area contributed by atoms with E-state index in [-0.39, 0.29) is 11.3 Å². The Kier molecular flexibility index (Phi) is 9.03. The summed E-state index contributed by atoms with van der Waals surface area (Å²) in [7, 11) is 3.01. The first-order valence-electron chi connectivity index (χ1n) is 10.6. The van der Waals surface area contributed by atoms with Crippen LogP contribution in [0.5, 0.6) is 11.5 Å². The number of hydrogen-bond donors (Lipinski definition) is 2. The van der Waals surface area contributed by atoms with Crippen LogP contribution in [-0.2, 0) is 5.41 Å². The third-order valence-electron chi connectivity index (χ3n) is 5.60. The number of rotatable bonds is 8. The number of aromatic nitrogens is 1. The van der Waals surface area contributed by atoms with Crippen molar-refractivity contribution in [3.63, 3.8) is 0 Å². The second-order valence-corrected chi connectivity index (χ2v) is 7.51. The van der Waals surface area contributed by atoms with Gasteiger partial charge in [-0.3, -0.25) is 10.1 Å². The number of carbonyl (C=O) groups excluding carboxylic acids is 1. The molecule has 0 aliphatic carbocycles. The molecule has 33 heavy (non-hydrogen) atoms. The van der Waals surface area contributed by atoms with Gasteiger partial charge >= 0.3 is 5.97 Å². The zero-order valence-electron chi connectivity index (χ0n) is 19.5. The van der Waals surface area contributed by atoms with Crippen LogP contribution in [0.4, 0.5) is 5.88 Å². The van der Waals surface area contributed by atoms with Crippen molar-refractivity contribution in [2.45, 2.75) is 39.0 Å². The van der Waals surface area contributed by atoms with Crippen LogP contribution < -0.4 is 14.8 Å². The molecule has 8 heteroatoms. The lowest BCUT2D eigenvalue weighted by Gasteiger charge is -2.22. The number of carboxylic acids is 1. The summed E-state index contributed by atoms with van der Waals surface area (Å²) >= 11 is 0. The summed E-state index contributed by atoms with van der Waals surface area (Å²) < 4.78 is 15.8. The Morgan fingerprint density at radius 2 is 1.58 bits per heavy atom. The molecule has 0 unspecified atom stereocenters. The van der Waals surface area contributed by atoms with Crippen LogP contribution in [0.1, 0.15) is 60.0 Å². The average molecular weight is 455 g/mol. The van der Waals surface area contributed by atoms with Crippen LogP contribution in [0.2, 0.25) is 0 Å². The molecular formula is C25H30N2O6. The molecule has 8 nitrogen and oxygen atoms in total. The van der Waals surface area contributed by atoms with Crippen LogP contribution in [0, 0.1) is 0 Å². The molecule has 0 spiro atoms. The van der Waals surface area contributed by atoms with Gasteiger partial charge in [0.05, 0.1) is 25.5 Å². The monoisotopic (exact) mass is 454 g/mol. The summed E-state index contributed by atoms with van der Waals surface area (Å²) in [5.41, 5.74) is 1.40. The molecule has 2 aromatic carbocycles. The predicted octanol–water partition coefficient (Wildman–Crippen LogP) is 5.41. The molecule has 0 aliphatic heterocycles. The second-order valence-electron chi connectivity index (χ2n) is 7.51. The molecule has 0 aliphatic rings. The Morgan fingerprint density at radius 1 is 1.00 bits per heavy atom. The normalized spacial score (nSPS) is 10.6. The molecule has 3 aromatic rings. The topological polar surface area (TPSA) is 111 Å². The lowest BCUT2D eigenvalue weighted by molar-refractivity contribution is 0.0696. The van der Waals surface area contributed by atoms with Gasteiger partial charge in [0.1, 0.15) is 17.1 Å². The number of ether oxygens (including phenoxy) is 2. The van der Waals surface area contributed by atoms with E-state index in [0.717, 1.165) is 18.5 Å². The molecule has 0 radical (unpaired) electrons. The van der Waals surface area contributed by atoms with Gasteiger partial charge in [-0.05, 0) is 37.1 Å². The minimum Gasteiger partial charge on any atom is -0.496 e.